The van der Waals surface area contributed by atoms with Crippen LogP contribution in [0.25, 0.3) is 10.8 Å². The molecule has 3 rings (SSSR count). The molecule has 148 valence electrons. The van der Waals surface area contributed by atoms with E-state index in [-0.39, 0.29) is 4.90 Å². The Morgan fingerprint density at radius 3 is 2.39 bits per heavy atom. The minimum Gasteiger partial charge on any atom is -0.495 e. The maximum atomic E-state index is 12.9. The Morgan fingerprint density at radius 1 is 1.07 bits per heavy atom. The number of anilines is 1. The van der Waals surface area contributed by atoms with Crippen LogP contribution >= 0.6 is 27.7 Å². The Labute approximate surface area is 178 Å². The first-order valence-corrected chi connectivity index (χ1v) is 12.2. The molecule has 0 aromatic heterocycles. The van der Waals surface area contributed by atoms with Gasteiger partial charge in [-0.1, -0.05) is 53.5 Å². The predicted molar refractivity (Wildman–Crippen MR) is 121 cm³/mol. The third kappa shape index (κ3) is 4.64. The molecule has 3 aromatic carbocycles. The standard InChI is InChI=1S/C21H22BrNO3S2/c1-3-4-13-27-20-14-19(17-7-5-6-8-18(17)21(20)26-2)23-28(24,25)16-11-9-15(22)10-12-16/h5-12,14,23H,3-4,13H2,1-2H3. The van der Waals surface area contributed by atoms with Gasteiger partial charge in [-0.3, -0.25) is 4.72 Å². The molecule has 28 heavy (non-hydrogen) atoms. The van der Waals surface area contributed by atoms with Crippen LogP contribution in [-0.4, -0.2) is 21.3 Å². The van der Waals surface area contributed by atoms with E-state index in [1.807, 2.05) is 30.3 Å². The number of unbranched alkanes of at least 4 members (excludes halogenated alkanes) is 1. The molecule has 0 heterocycles. The third-order valence-corrected chi connectivity index (χ3v) is 7.31. The average Bonchev–Trinajstić information content (AvgIpc) is 2.68. The van der Waals surface area contributed by atoms with Gasteiger partial charge in [-0.15, -0.1) is 11.8 Å². The van der Waals surface area contributed by atoms with Gasteiger partial charge in [-0.25, -0.2) is 8.42 Å². The van der Waals surface area contributed by atoms with Gasteiger partial charge in [0.2, 0.25) is 0 Å². The molecule has 0 fully saturated rings. The molecule has 0 bridgehead atoms. The molecule has 1 N–H and O–H groups in total. The summed E-state index contributed by atoms with van der Waals surface area (Å²) in [6.45, 7) is 2.15. The van der Waals surface area contributed by atoms with Crippen LogP contribution in [0.1, 0.15) is 19.8 Å². The third-order valence-electron chi connectivity index (χ3n) is 4.29. The van der Waals surface area contributed by atoms with Gasteiger partial charge >= 0.3 is 0 Å². The van der Waals surface area contributed by atoms with Crippen molar-refractivity contribution in [2.75, 3.05) is 17.6 Å². The van der Waals surface area contributed by atoms with Crippen molar-refractivity contribution in [3.63, 3.8) is 0 Å². The molecular formula is C21H22BrNO3S2. The molecular weight excluding hydrogens is 458 g/mol. The Kier molecular flexibility index (Phi) is 6.91. The first-order chi connectivity index (χ1) is 13.5. The number of thioether (sulfide) groups is 1. The van der Waals surface area contributed by atoms with Crippen LogP contribution < -0.4 is 9.46 Å². The van der Waals surface area contributed by atoms with Crippen molar-refractivity contribution in [3.8, 4) is 5.75 Å². The van der Waals surface area contributed by atoms with E-state index in [1.54, 1.807) is 43.1 Å². The van der Waals surface area contributed by atoms with Gasteiger partial charge < -0.3 is 4.74 Å². The number of rotatable bonds is 8. The number of nitrogens with one attached hydrogen (secondary N) is 1. The van der Waals surface area contributed by atoms with Crippen LogP contribution in [0.2, 0.25) is 0 Å². The molecule has 3 aromatic rings. The van der Waals surface area contributed by atoms with E-state index in [9.17, 15) is 8.42 Å². The highest BCUT2D eigenvalue weighted by atomic mass is 79.9. The van der Waals surface area contributed by atoms with Crippen LogP contribution in [0, 0.1) is 0 Å². The Morgan fingerprint density at radius 2 is 1.75 bits per heavy atom. The van der Waals surface area contributed by atoms with Crippen molar-refractivity contribution in [2.24, 2.45) is 0 Å². The normalized spacial score (nSPS) is 11.5. The second-order valence-corrected chi connectivity index (χ2v) is 10.00. The van der Waals surface area contributed by atoms with Gasteiger partial charge in [-0.05, 0) is 42.5 Å². The maximum absolute atomic E-state index is 12.9. The molecule has 0 aliphatic heterocycles. The summed E-state index contributed by atoms with van der Waals surface area (Å²) in [4.78, 5) is 1.15. The zero-order chi connectivity index (χ0) is 20.1. The molecule has 0 saturated carbocycles. The van der Waals surface area contributed by atoms with Gasteiger partial charge in [0, 0.05) is 15.2 Å². The summed E-state index contributed by atoms with van der Waals surface area (Å²) in [5, 5.41) is 1.69. The quantitative estimate of drug-likeness (QED) is 0.304. The fourth-order valence-electron chi connectivity index (χ4n) is 2.87. The number of hydrogen-bond acceptors (Lipinski definition) is 4. The lowest BCUT2D eigenvalue weighted by molar-refractivity contribution is 0.410. The van der Waals surface area contributed by atoms with Crippen LogP contribution in [-0.2, 0) is 10.0 Å². The second kappa shape index (κ2) is 9.20. The van der Waals surface area contributed by atoms with Gasteiger partial charge in [0.15, 0.2) is 0 Å². The summed E-state index contributed by atoms with van der Waals surface area (Å²) in [6.07, 6.45) is 2.19. The van der Waals surface area contributed by atoms with Crippen LogP contribution in [0.4, 0.5) is 5.69 Å². The van der Waals surface area contributed by atoms with E-state index in [1.165, 1.54) is 0 Å². The molecule has 0 saturated heterocycles. The van der Waals surface area contributed by atoms with E-state index in [4.69, 9.17) is 4.74 Å². The van der Waals surface area contributed by atoms with Gasteiger partial charge in [0.1, 0.15) is 5.75 Å². The lowest BCUT2D eigenvalue weighted by atomic mass is 10.1. The highest BCUT2D eigenvalue weighted by Crippen LogP contribution is 2.41. The summed E-state index contributed by atoms with van der Waals surface area (Å²) in [5.74, 6) is 1.73. The first-order valence-electron chi connectivity index (χ1n) is 8.97. The smallest absolute Gasteiger partial charge is 0.261 e. The van der Waals surface area contributed by atoms with Gasteiger partial charge in [0.25, 0.3) is 10.0 Å². The first kappa shape index (κ1) is 21.0. The molecule has 0 unspecified atom stereocenters. The van der Waals surface area contributed by atoms with Crippen molar-refractivity contribution < 1.29 is 13.2 Å². The minimum absolute atomic E-state index is 0.218. The number of methoxy groups -OCH3 is 1. The van der Waals surface area contributed by atoms with Crippen molar-refractivity contribution in [2.45, 2.75) is 29.6 Å². The fourth-order valence-corrected chi connectivity index (χ4v) is 5.38. The van der Waals surface area contributed by atoms with Crippen molar-refractivity contribution in [1.82, 2.24) is 0 Å². The Hall–Kier alpha value is -1.70. The van der Waals surface area contributed by atoms with Gasteiger partial charge in [0.05, 0.1) is 22.6 Å². The van der Waals surface area contributed by atoms with E-state index in [0.717, 1.165) is 44.5 Å². The lowest BCUT2D eigenvalue weighted by Gasteiger charge is -2.17. The SMILES string of the molecule is CCCCSc1cc(NS(=O)(=O)c2ccc(Br)cc2)c2ccccc2c1OC. The molecule has 0 atom stereocenters. The topological polar surface area (TPSA) is 55.4 Å². The van der Waals surface area contributed by atoms with Crippen LogP contribution in [0.3, 0.4) is 0 Å². The molecule has 7 heteroatoms. The van der Waals surface area contributed by atoms with Crippen LogP contribution in [0.15, 0.2) is 68.9 Å². The minimum atomic E-state index is -3.70. The molecule has 4 nitrogen and oxygen atoms in total. The highest BCUT2D eigenvalue weighted by molar-refractivity contribution is 9.10. The second-order valence-electron chi connectivity index (χ2n) is 6.26. The average molecular weight is 480 g/mol. The summed E-state index contributed by atoms with van der Waals surface area (Å²) >= 11 is 5.02. The number of sulfonamides is 1. The predicted octanol–water partition coefficient (Wildman–Crippen LogP) is 6.30. The molecule has 0 amide bonds. The monoisotopic (exact) mass is 479 g/mol. The van der Waals surface area contributed by atoms with Crippen molar-refractivity contribution in [1.29, 1.82) is 0 Å². The lowest BCUT2D eigenvalue weighted by Crippen LogP contribution is -2.13. The summed E-state index contributed by atoms with van der Waals surface area (Å²) in [6, 6.07) is 16.1. The zero-order valence-corrected chi connectivity index (χ0v) is 19.0. The summed E-state index contributed by atoms with van der Waals surface area (Å²) < 4.78 is 35.1. The largest absolute Gasteiger partial charge is 0.495 e. The maximum Gasteiger partial charge on any atom is 0.261 e. The molecule has 0 radical (unpaired) electrons. The number of halogens is 1. The fraction of sp³-hybridized carbons (Fsp3) is 0.238. The van der Waals surface area contributed by atoms with E-state index >= 15 is 0 Å². The highest BCUT2D eigenvalue weighted by Gasteiger charge is 2.19. The number of hydrogen-bond donors (Lipinski definition) is 1. The summed E-state index contributed by atoms with van der Waals surface area (Å²) in [7, 11) is -2.05. The molecule has 0 aliphatic carbocycles. The zero-order valence-electron chi connectivity index (χ0n) is 15.7. The van der Waals surface area contributed by atoms with E-state index in [0.29, 0.717) is 5.69 Å². The number of benzene rings is 3. The number of ether oxygens (including phenoxy) is 1. The van der Waals surface area contributed by atoms with Crippen molar-refractivity contribution in [3.05, 3.63) is 59.1 Å². The number of fused-ring (bicyclic) bond motifs is 1. The molecule has 0 aliphatic rings. The Balaban J connectivity index is 2.07. The molecule has 0 spiro atoms. The van der Waals surface area contributed by atoms with E-state index < -0.39 is 10.0 Å². The Bertz CT molecular complexity index is 1070. The summed E-state index contributed by atoms with van der Waals surface area (Å²) in [5.41, 5.74) is 0.554. The van der Waals surface area contributed by atoms with Gasteiger partial charge in [-0.2, -0.15) is 0 Å². The van der Waals surface area contributed by atoms with E-state index in [2.05, 4.69) is 27.6 Å². The van der Waals surface area contributed by atoms with Crippen LogP contribution in [0.5, 0.6) is 5.75 Å². The van der Waals surface area contributed by atoms with Crippen molar-refractivity contribution >= 4 is 54.2 Å².